The highest BCUT2D eigenvalue weighted by atomic mass is 32.1. The third-order valence-electron chi connectivity index (χ3n) is 4.30. The lowest BCUT2D eigenvalue weighted by Gasteiger charge is -2.31. The largest absolute Gasteiger partial charge is 0.456 e. The first kappa shape index (κ1) is 14.2. The minimum atomic E-state index is -0.303. The van der Waals surface area contributed by atoms with Gasteiger partial charge >= 0.3 is 5.97 Å². The smallest absolute Gasteiger partial charge is 0.337 e. The lowest BCUT2D eigenvalue weighted by atomic mass is 9.88. The van der Waals surface area contributed by atoms with E-state index >= 15 is 0 Å². The number of anilines is 1. The van der Waals surface area contributed by atoms with Gasteiger partial charge in [-0.1, -0.05) is 23.8 Å². The number of hydrogen-bond donors (Lipinski definition) is 0. The van der Waals surface area contributed by atoms with E-state index in [2.05, 4.69) is 0 Å². The Morgan fingerprint density at radius 3 is 2.65 bits per heavy atom. The number of cyclic esters (lactones) is 1. The van der Waals surface area contributed by atoms with Crippen molar-refractivity contribution >= 4 is 28.9 Å². The van der Waals surface area contributed by atoms with Crippen molar-refractivity contribution in [3.8, 4) is 0 Å². The maximum absolute atomic E-state index is 12.8. The molecular formula is C18H15NO3S. The molecule has 1 aromatic heterocycles. The van der Waals surface area contributed by atoms with Crippen molar-refractivity contribution in [2.45, 2.75) is 19.3 Å². The molecule has 2 aliphatic heterocycles. The maximum Gasteiger partial charge on any atom is 0.337 e. The molecule has 0 bridgehead atoms. The van der Waals surface area contributed by atoms with Crippen molar-refractivity contribution in [1.29, 1.82) is 0 Å². The Bertz CT molecular complexity index is 805. The molecule has 0 N–H and O–H groups in total. The van der Waals surface area contributed by atoms with Gasteiger partial charge in [0.1, 0.15) is 6.61 Å². The normalized spacial score (nSPS) is 20.7. The summed E-state index contributed by atoms with van der Waals surface area (Å²) in [7, 11) is 0. The molecule has 3 heterocycles. The first-order valence-electron chi connectivity index (χ1n) is 7.48. The van der Waals surface area contributed by atoms with Gasteiger partial charge in [-0.3, -0.25) is 9.69 Å². The van der Waals surface area contributed by atoms with E-state index < -0.39 is 0 Å². The number of ether oxygens (including phenoxy) is 1. The van der Waals surface area contributed by atoms with Gasteiger partial charge in [0.05, 0.1) is 11.3 Å². The van der Waals surface area contributed by atoms with Crippen LogP contribution in [0, 0.1) is 6.92 Å². The Hall–Kier alpha value is -2.40. The van der Waals surface area contributed by atoms with Crippen molar-refractivity contribution in [2.24, 2.45) is 0 Å². The van der Waals surface area contributed by atoms with Gasteiger partial charge in [-0.2, -0.15) is 0 Å². The summed E-state index contributed by atoms with van der Waals surface area (Å²) in [5.74, 6) is -0.485. The van der Waals surface area contributed by atoms with Crippen molar-refractivity contribution in [3.63, 3.8) is 0 Å². The number of aryl methyl sites for hydroxylation is 1. The predicted molar refractivity (Wildman–Crippen MR) is 88.3 cm³/mol. The third kappa shape index (κ3) is 2.28. The Morgan fingerprint density at radius 2 is 1.96 bits per heavy atom. The fraction of sp³-hybridized carbons (Fsp3) is 0.222. The predicted octanol–water partition coefficient (Wildman–Crippen LogP) is 3.39. The summed E-state index contributed by atoms with van der Waals surface area (Å²) in [6.45, 7) is 2.16. The zero-order valence-corrected chi connectivity index (χ0v) is 13.4. The summed E-state index contributed by atoms with van der Waals surface area (Å²) < 4.78 is 5.25. The topological polar surface area (TPSA) is 46.6 Å². The third-order valence-corrected chi connectivity index (χ3v) is 5.28. The molecule has 1 unspecified atom stereocenters. The molecule has 4 nitrogen and oxygen atoms in total. The zero-order chi connectivity index (χ0) is 16.0. The maximum atomic E-state index is 12.8. The molecule has 0 aliphatic carbocycles. The molecule has 2 aromatic rings. The fourth-order valence-corrected chi connectivity index (χ4v) is 4.02. The SMILES string of the molecule is Cc1ccc(N2C(=O)CC(c3cccs3)C3=C2COC3=O)cc1. The van der Waals surface area contributed by atoms with Gasteiger partial charge in [-0.15, -0.1) is 11.3 Å². The van der Waals surface area contributed by atoms with Gasteiger partial charge in [0, 0.05) is 22.9 Å². The molecule has 1 atom stereocenters. The van der Waals surface area contributed by atoms with Gasteiger partial charge in [0.15, 0.2) is 0 Å². The van der Waals surface area contributed by atoms with Gasteiger partial charge in [0.2, 0.25) is 5.91 Å². The number of benzene rings is 1. The zero-order valence-electron chi connectivity index (χ0n) is 12.6. The molecule has 5 heteroatoms. The first-order valence-corrected chi connectivity index (χ1v) is 8.36. The highest BCUT2D eigenvalue weighted by Crippen LogP contribution is 2.42. The van der Waals surface area contributed by atoms with Crippen LogP contribution in [-0.2, 0) is 14.3 Å². The van der Waals surface area contributed by atoms with Crippen molar-refractivity contribution in [3.05, 3.63) is 63.5 Å². The first-order chi connectivity index (χ1) is 11.1. The second kappa shape index (κ2) is 5.35. The molecule has 2 aliphatic rings. The number of carbonyl (C=O) groups excluding carboxylic acids is 2. The number of nitrogens with zero attached hydrogens (tertiary/aromatic N) is 1. The van der Waals surface area contributed by atoms with Gasteiger partial charge < -0.3 is 4.74 Å². The summed E-state index contributed by atoms with van der Waals surface area (Å²) in [6.07, 6.45) is 0.294. The van der Waals surface area contributed by atoms with Crippen LogP contribution in [0.2, 0.25) is 0 Å². The molecule has 0 saturated carbocycles. The van der Waals surface area contributed by atoms with E-state index in [1.807, 2.05) is 48.7 Å². The summed E-state index contributed by atoms with van der Waals surface area (Å²) in [6, 6.07) is 11.7. The van der Waals surface area contributed by atoms with Gasteiger partial charge in [0.25, 0.3) is 0 Å². The van der Waals surface area contributed by atoms with Crippen LogP contribution in [-0.4, -0.2) is 18.5 Å². The average Bonchev–Trinajstić information content (AvgIpc) is 3.19. The average molecular weight is 325 g/mol. The van der Waals surface area contributed by atoms with E-state index in [4.69, 9.17) is 4.74 Å². The molecule has 23 heavy (non-hydrogen) atoms. The lowest BCUT2D eigenvalue weighted by Crippen LogP contribution is -2.37. The molecule has 4 rings (SSSR count). The van der Waals surface area contributed by atoms with Crippen molar-refractivity contribution in [1.82, 2.24) is 0 Å². The summed E-state index contributed by atoms with van der Waals surface area (Å²) in [5, 5.41) is 1.96. The van der Waals surface area contributed by atoms with Crippen LogP contribution in [0.25, 0.3) is 0 Å². The Labute approximate surface area is 138 Å². The van der Waals surface area contributed by atoms with Crippen LogP contribution >= 0.6 is 11.3 Å². The summed E-state index contributed by atoms with van der Waals surface area (Å²) in [4.78, 5) is 27.7. The molecule has 0 saturated heterocycles. The highest BCUT2D eigenvalue weighted by molar-refractivity contribution is 7.10. The number of esters is 1. The minimum Gasteiger partial charge on any atom is -0.456 e. The molecule has 0 radical (unpaired) electrons. The summed E-state index contributed by atoms with van der Waals surface area (Å²) in [5.41, 5.74) is 3.24. The van der Waals surface area contributed by atoms with Crippen molar-refractivity contribution < 1.29 is 14.3 Å². The summed E-state index contributed by atoms with van der Waals surface area (Å²) >= 11 is 1.57. The van der Waals surface area contributed by atoms with Crippen LogP contribution in [0.5, 0.6) is 0 Å². The van der Waals surface area contributed by atoms with Gasteiger partial charge in [-0.25, -0.2) is 4.79 Å². The second-order valence-corrected chi connectivity index (χ2v) is 6.75. The molecule has 116 valence electrons. The number of rotatable bonds is 2. The van der Waals surface area contributed by atoms with E-state index in [-0.39, 0.29) is 24.4 Å². The quantitative estimate of drug-likeness (QED) is 0.795. The number of hydrogen-bond acceptors (Lipinski definition) is 4. The van der Waals surface area contributed by atoms with Crippen LogP contribution in [0.15, 0.2) is 53.0 Å². The number of thiophene rings is 1. The Kier molecular flexibility index (Phi) is 3.31. The molecule has 1 amide bonds. The van der Waals surface area contributed by atoms with E-state index in [1.165, 1.54) is 0 Å². The second-order valence-electron chi connectivity index (χ2n) is 5.77. The van der Waals surface area contributed by atoms with Crippen LogP contribution < -0.4 is 4.90 Å². The highest BCUT2D eigenvalue weighted by Gasteiger charge is 2.43. The Balaban J connectivity index is 1.83. The molecule has 1 aromatic carbocycles. The number of carbonyl (C=O) groups is 2. The Morgan fingerprint density at radius 1 is 1.17 bits per heavy atom. The lowest BCUT2D eigenvalue weighted by molar-refractivity contribution is -0.136. The van der Waals surface area contributed by atoms with Crippen molar-refractivity contribution in [2.75, 3.05) is 11.5 Å². The molecule has 0 spiro atoms. The fourth-order valence-electron chi connectivity index (χ4n) is 3.18. The van der Waals surface area contributed by atoms with Crippen LogP contribution in [0.4, 0.5) is 5.69 Å². The van der Waals surface area contributed by atoms with Crippen LogP contribution in [0.3, 0.4) is 0 Å². The van der Waals surface area contributed by atoms with Gasteiger partial charge in [-0.05, 0) is 30.5 Å². The van der Waals surface area contributed by atoms with E-state index in [0.29, 0.717) is 17.7 Å². The van der Waals surface area contributed by atoms with E-state index in [1.54, 1.807) is 16.2 Å². The van der Waals surface area contributed by atoms with E-state index in [9.17, 15) is 9.59 Å². The molecule has 0 fully saturated rings. The number of amides is 1. The minimum absolute atomic E-state index is 0.00398. The van der Waals surface area contributed by atoms with Crippen LogP contribution in [0.1, 0.15) is 22.8 Å². The molecular weight excluding hydrogens is 310 g/mol. The van der Waals surface area contributed by atoms with E-state index in [0.717, 1.165) is 16.1 Å². The standard InChI is InChI=1S/C18H15NO3S/c1-11-4-6-12(7-5-11)19-14-10-22-18(21)17(14)13(9-16(19)20)15-3-2-8-23-15/h2-8,13H,9-10H2,1H3. The monoisotopic (exact) mass is 325 g/mol.